The third kappa shape index (κ3) is 4.46. The normalized spacial score (nSPS) is 23.7. The summed E-state index contributed by atoms with van der Waals surface area (Å²) in [7, 11) is 0. The molecule has 0 spiro atoms. The Labute approximate surface area is 166 Å². The van der Waals surface area contributed by atoms with Gasteiger partial charge in [0, 0.05) is 49.9 Å². The number of benzene rings is 1. The summed E-state index contributed by atoms with van der Waals surface area (Å²) in [6, 6.07) is 9.57. The molecule has 1 aromatic heterocycles. The largest absolute Gasteiger partial charge is 0.371 e. The van der Waals surface area contributed by atoms with Crippen LogP contribution in [0.1, 0.15) is 52.9 Å². The molecule has 2 saturated heterocycles. The molecule has 0 saturated carbocycles. The van der Waals surface area contributed by atoms with Crippen LogP contribution in [0, 0.1) is 0 Å². The zero-order valence-corrected chi connectivity index (χ0v) is 17.0. The van der Waals surface area contributed by atoms with Gasteiger partial charge in [0.25, 0.3) is 0 Å². The second kappa shape index (κ2) is 9.29. The lowest BCUT2D eigenvalue weighted by Crippen LogP contribution is -2.45. The number of aryl methyl sites for hydroxylation is 1. The van der Waals surface area contributed by atoms with Crippen LogP contribution in [0.5, 0.6) is 0 Å². The predicted octanol–water partition coefficient (Wildman–Crippen LogP) is 4.13. The Bertz CT molecular complexity index is 685. The van der Waals surface area contributed by atoms with Crippen LogP contribution in [-0.4, -0.2) is 36.1 Å². The minimum absolute atomic E-state index is 0. The topological polar surface area (TPSA) is 37.4 Å². The van der Waals surface area contributed by atoms with E-state index in [0.29, 0.717) is 6.04 Å². The Balaban J connectivity index is 0.00000196. The van der Waals surface area contributed by atoms with E-state index in [9.17, 15) is 0 Å². The third-order valence-electron chi connectivity index (χ3n) is 5.26. The highest BCUT2D eigenvalue weighted by Crippen LogP contribution is 2.33. The molecule has 0 radical (unpaired) electrons. The number of rotatable bonds is 5. The number of hydrogen-bond acceptors (Lipinski definition) is 5. The van der Waals surface area contributed by atoms with Gasteiger partial charge in [0.05, 0.1) is 0 Å². The Morgan fingerprint density at radius 2 is 2.15 bits per heavy atom. The van der Waals surface area contributed by atoms with Gasteiger partial charge in [-0.05, 0) is 30.4 Å². The van der Waals surface area contributed by atoms with E-state index in [2.05, 4.69) is 52.6 Å². The molecule has 1 aromatic carbocycles. The lowest BCUT2D eigenvalue weighted by atomic mass is 10.0. The predicted molar refractivity (Wildman–Crippen MR) is 109 cm³/mol. The zero-order valence-electron chi connectivity index (χ0n) is 15.3. The highest BCUT2D eigenvalue weighted by Gasteiger charge is 2.26. The number of hydrogen-bond donors (Lipinski definition) is 1. The molecule has 2 aliphatic rings. The van der Waals surface area contributed by atoms with Crippen molar-refractivity contribution in [2.75, 3.05) is 26.2 Å². The molecule has 142 valence electrons. The van der Waals surface area contributed by atoms with Gasteiger partial charge in [0.15, 0.2) is 0 Å². The lowest BCUT2D eigenvalue weighted by molar-refractivity contribution is 0.111. The van der Waals surface area contributed by atoms with Gasteiger partial charge < -0.3 is 10.1 Å². The van der Waals surface area contributed by atoms with Crippen LogP contribution < -0.4 is 5.32 Å². The fraction of sp³-hybridized carbons (Fsp3) is 0.550. The quantitative estimate of drug-likeness (QED) is 0.828. The molecule has 6 heteroatoms. The molecule has 2 unspecified atom stereocenters. The number of ether oxygens (including phenoxy) is 1. The first-order valence-corrected chi connectivity index (χ1v) is 10.2. The van der Waals surface area contributed by atoms with Gasteiger partial charge in [-0.15, -0.1) is 23.7 Å². The van der Waals surface area contributed by atoms with E-state index in [1.54, 1.807) is 0 Å². The summed E-state index contributed by atoms with van der Waals surface area (Å²) >= 11 is 1.83. The highest BCUT2D eigenvalue weighted by atomic mass is 35.5. The van der Waals surface area contributed by atoms with Gasteiger partial charge in [-0.3, -0.25) is 4.90 Å². The third-order valence-corrected chi connectivity index (χ3v) is 6.34. The van der Waals surface area contributed by atoms with Gasteiger partial charge in [-0.1, -0.05) is 31.2 Å². The van der Waals surface area contributed by atoms with Crippen molar-refractivity contribution in [2.45, 2.75) is 44.9 Å². The van der Waals surface area contributed by atoms with Crippen LogP contribution in [0.25, 0.3) is 0 Å². The Morgan fingerprint density at radius 1 is 1.31 bits per heavy atom. The van der Waals surface area contributed by atoms with Crippen LogP contribution in [0.15, 0.2) is 30.5 Å². The summed E-state index contributed by atoms with van der Waals surface area (Å²) < 4.78 is 5.78. The molecule has 2 aromatic rings. The minimum Gasteiger partial charge on any atom is -0.371 e. The monoisotopic (exact) mass is 393 g/mol. The average Bonchev–Trinajstić information content (AvgIpc) is 3.34. The molecule has 2 aliphatic heterocycles. The molecule has 4 nitrogen and oxygen atoms in total. The van der Waals surface area contributed by atoms with E-state index < -0.39 is 0 Å². The first kappa shape index (κ1) is 19.8. The summed E-state index contributed by atoms with van der Waals surface area (Å²) in [4.78, 5) is 8.57. The van der Waals surface area contributed by atoms with Crippen LogP contribution in [0.2, 0.25) is 0 Å². The van der Waals surface area contributed by atoms with Crippen molar-refractivity contribution in [3.63, 3.8) is 0 Å². The summed E-state index contributed by atoms with van der Waals surface area (Å²) in [6.07, 6.45) is 5.67. The fourth-order valence-electron chi connectivity index (χ4n) is 3.76. The van der Waals surface area contributed by atoms with Crippen molar-refractivity contribution < 1.29 is 4.74 Å². The van der Waals surface area contributed by atoms with Gasteiger partial charge in [0.1, 0.15) is 11.1 Å². The second-order valence-corrected chi connectivity index (χ2v) is 8.10. The summed E-state index contributed by atoms with van der Waals surface area (Å²) in [5, 5.41) is 4.71. The van der Waals surface area contributed by atoms with Gasteiger partial charge in [0.2, 0.25) is 0 Å². The SMILES string of the molecule is CCc1ccc(C2CNCCN2Cc2cnc(C3CCCO3)s2)cc1.Cl. The fourth-order valence-corrected chi connectivity index (χ4v) is 4.78. The molecule has 4 rings (SSSR count). The maximum absolute atomic E-state index is 5.78. The van der Waals surface area contributed by atoms with Gasteiger partial charge in [-0.25, -0.2) is 4.98 Å². The molecule has 0 amide bonds. The molecule has 0 aliphatic carbocycles. The maximum Gasteiger partial charge on any atom is 0.122 e. The van der Waals surface area contributed by atoms with Crippen molar-refractivity contribution >= 4 is 23.7 Å². The molecule has 3 heterocycles. The highest BCUT2D eigenvalue weighted by molar-refractivity contribution is 7.11. The lowest BCUT2D eigenvalue weighted by Gasteiger charge is -2.36. The van der Waals surface area contributed by atoms with Crippen molar-refractivity contribution in [3.8, 4) is 0 Å². The van der Waals surface area contributed by atoms with Gasteiger partial charge >= 0.3 is 0 Å². The molecular weight excluding hydrogens is 366 g/mol. The first-order chi connectivity index (χ1) is 12.3. The van der Waals surface area contributed by atoms with Crippen LogP contribution in [0.3, 0.4) is 0 Å². The summed E-state index contributed by atoms with van der Waals surface area (Å²) in [5.41, 5.74) is 2.82. The standard InChI is InChI=1S/C20H27N3OS.ClH/c1-2-15-5-7-16(8-6-15)18-13-21-9-10-23(18)14-17-12-22-20(25-17)19-4-3-11-24-19;/h5-8,12,18-19,21H,2-4,9-11,13-14H2,1H3;1H. The number of thiazole rings is 1. The van der Waals surface area contributed by atoms with E-state index in [1.807, 2.05) is 11.3 Å². The van der Waals surface area contributed by atoms with Crippen LogP contribution >= 0.6 is 23.7 Å². The molecule has 0 bridgehead atoms. The average molecular weight is 394 g/mol. The minimum atomic E-state index is 0. The second-order valence-electron chi connectivity index (χ2n) is 6.95. The van der Waals surface area contributed by atoms with Crippen LogP contribution in [-0.2, 0) is 17.7 Å². The number of nitrogens with one attached hydrogen (secondary N) is 1. The molecule has 2 fully saturated rings. The molecule has 26 heavy (non-hydrogen) atoms. The molecule has 1 N–H and O–H groups in total. The molecular formula is C20H28ClN3OS. The molecule has 2 atom stereocenters. The maximum atomic E-state index is 5.78. The van der Waals surface area contributed by atoms with Gasteiger partial charge in [-0.2, -0.15) is 0 Å². The number of piperazine rings is 1. The van der Waals surface area contributed by atoms with E-state index in [-0.39, 0.29) is 18.5 Å². The summed E-state index contributed by atoms with van der Waals surface area (Å²) in [6.45, 7) is 7.22. The van der Waals surface area contributed by atoms with E-state index >= 15 is 0 Å². The zero-order chi connectivity index (χ0) is 17.1. The first-order valence-electron chi connectivity index (χ1n) is 9.43. The van der Waals surface area contributed by atoms with E-state index in [1.165, 1.54) is 16.0 Å². The summed E-state index contributed by atoms with van der Waals surface area (Å²) in [5.74, 6) is 0. The van der Waals surface area contributed by atoms with Crippen LogP contribution in [0.4, 0.5) is 0 Å². The van der Waals surface area contributed by atoms with E-state index in [0.717, 1.165) is 57.1 Å². The van der Waals surface area contributed by atoms with Crippen molar-refractivity contribution in [1.82, 2.24) is 15.2 Å². The number of nitrogens with zero attached hydrogens (tertiary/aromatic N) is 2. The van der Waals surface area contributed by atoms with Crippen molar-refractivity contribution in [3.05, 3.63) is 51.5 Å². The number of halogens is 1. The van der Waals surface area contributed by atoms with Crippen molar-refractivity contribution in [1.29, 1.82) is 0 Å². The van der Waals surface area contributed by atoms with Crippen molar-refractivity contribution in [2.24, 2.45) is 0 Å². The smallest absolute Gasteiger partial charge is 0.122 e. The van der Waals surface area contributed by atoms with E-state index in [4.69, 9.17) is 4.74 Å². The Kier molecular flexibility index (Phi) is 7.06. The Hall–Kier alpha value is -0.980. The Morgan fingerprint density at radius 3 is 2.88 bits per heavy atom. The number of aromatic nitrogens is 1.